The minimum absolute atomic E-state index is 0.0561. The molecular weight excluding hydrogens is 436 g/mol. The van der Waals surface area contributed by atoms with Crippen LogP contribution in [-0.4, -0.2) is 66.1 Å². The topological polar surface area (TPSA) is 52.9 Å². The van der Waals surface area contributed by atoms with Crippen LogP contribution in [0.15, 0.2) is 35.5 Å². The first-order chi connectivity index (χ1) is 16.2. The van der Waals surface area contributed by atoms with E-state index in [1.807, 2.05) is 0 Å². The van der Waals surface area contributed by atoms with Gasteiger partial charge < -0.3 is 19.8 Å². The fraction of sp³-hybridized carbons (Fsp3) is 0.786. The van der Waals surface area contributed by atoms with Crippen LogP contribution < -0.4 is 0 Å². The van der Waals surface area contributed by atoms with Crippen molar-refractivity contribution in [1.82, 2.24) is 4.90 Å². The molecule has 6 heteroatoms. The van der Waals surface area contributed by atoms with Crippen molar-refractivity contribution in [2.24, 2.45) is 23.2 Å². The van der Waals surface area contributed by atoms with Gasteiger partial charge in [-0.2, -0.15) is 0 Å². The van der Waals surface area contributed by atoms with Crippen molar-refractivity contribution < 1.29 is 23.7 Å². The molecule has 2 N–H and O–H groups in total. The monoisotopic (exact) mass is 479 g/mol. The third-order valence-corrected chi connectivity index (χ3v) is 9.26. The molecule has 1 aliphatic heterocycles. The van der Waals surface area contributed by atoms with Crippen LogP contribution in [0.5, 0.6) is 0 Å². The summed E-state index contributed by atoms with van der Waals surface area (Å²) in [5.41, 5.74) is 3.47. The number of rotatable bonds is 7. The van der Waals surface area contributed by atoms with Crippen LogP contribution >= 0.6 is 0 Å². The Hall–Kier alpha value is -1.08. The number of halogens is 2. The third-order valence-electron chi connectivity index (χ3n) is 9.26. The van der Waals surface area contributed by atoms with Crippen molar-refractivity contribution in [3.63, 3.8) is 0 Å². The van der Waals surface area contributed by atoms with E-state index in [1.165, 1.54) is 31.3 Å². The average Bonchev–Trinajstić information content (AvgIpc) is 3.38. The van der Waals surface area contributed by atoms with Crippen LogP contribution in [0.25, 0.3) is 0 Å². The molecule has 7 atom stereocenters. The SMILES string of the molecule is C=C1[C@H](O)CC(=C/C=C2\CCC[C@]3(C)[C@@H]([C@H](C)CN4CC[C@@H](OCC(F)F)C4)CC[C@@H]23)C[C@H]1O. The summed E-state index contributed by atoms with van der Waals surface area (Å²) in [5.74, 6) is 1.83. The maximum absolute atomic E-state index is 12.5. The number of aliphatic hydroxyl groups excluding tert-OH is 2. The van der Waals surface area contributed by atoms with E-state index in [4.69, 9.17) is 4.74 Å². The molecule has 4 aliphatic rings. The summed E-state index contributed by atoms with van der Waals surface area (Å²) in [6.07, 6.45) is 8.77. The van der Waals surface area contributed by atoms with Gasteiger partial charge in [-0.15, -0.1) is 0 Å². The second kappa shape index (κ2) is 10.9. The quantitative estimate of drug-likeness (QED) is 0.498. The van der Waals surface area contributed by atoms with Gasteiger partial charge in [0.05, 0.1) is 18.3 Å². The van der Waals surface area contributed by atoms with Crippen LogP contribution in [0.1, 0.15) is 65.2 Å². The summed E-state index contributed by atoms with van der Waals surface area (Å²) in [4.78, 5) is 2.41. The zero-order valence-electron chi connectivity index (χ0n) is 20.9. The molecule has 0 unspecified atom stereocenters. The normalized spacial score (nSPS) is 39.1. The van der Waals surface area contributed by atoms with E-state index in [-0.39, 0.29) is 6.10 Å². The first-order valence-corrected chi connectivity index (χ1v) is 13.2. The van der Waals surface area contributed by atoms with Gasteiger partial charge in [0.2, 0.25) is 0 Å². The molecule has 1 heterocycles. The number of hydrogen-bond donors (Lipinski definition) is 2. The molecule has 4 rings (SSSR count). The number of likely N-dealkylation sites (tertiary alicyclic amines) is 1. The predicted molar refractivity (Wildman–Crippen MR) is 131 cm³/mol. The lowest BCUT2D eigenvalue weighted by Crippen LogP contribution is -2.39. The molecule has 3 aliphatic carbocycles. The third kappa shape index (κ3) is 5.66. The highest BCUT2D eigenvalue weighted by Gasteiger charge is 2.50. The van der Waals surface area contributed by atoms with Gasteiger partial charge in [-0.05, 0) is 80.1 Å². The van der Waals surface area contributed by atoms with E-state index in [2.05, 4.69) is 37.5 Å². The van der Waals surface area contributed by atoms with Gasteiger partial charge >= 0.3 is 0 Å². The largest absolute Gasteiger partial charge is 0.388 e. The summed E-state index contributed by atoms with van der Waals surface area (Å²) in [6, 6.07) is 0. The molecule has 3 saturated carbocycles. The van der Waals surface area contributed by atoms with Crippen molar-refractivity contribution in [1.29, 1.82) is 0 Å². The maximum atomic E-state index is 12.5. The van der Waals surface area contributed by atoms with Crippen LogP contribution in [0, 0.1) is 23.2 Å². The van der Waals surface area contributed by atoms with Crippen LogP contribution in [0.2, 0.25) is 0 Å². The standard InChI is InChI=1S/C28H43F2NO3/c1-18(15-31-12-10-22(16-31)34-17-27(29)30)23-8-9-24-21(5-4-11-28(23,24)3)7-6-20-13-25(32)19(2)26(33)14-20/h6-7,18,22-27,32-33H,2,4-5,8-17H2,1,3H3/b21-7+/t18-,22-,23-,24+,25-,26-,28-/m1/s1. The number of hydrogen-bond acceptors (Lipinski definition) is 4. The summed E-state index contributed by atoms with van der Waals surface area (Å²) < 4.78 is 30.3. The Morgan fingerprint density at radius 3 is 2.62 bits per heavy atom. The lowest BCUT2D eigenvalue weighted by atomic mass is 9.61. The number of fused-ring (bicyclic) bond motifs is 1. The Kier molecular flexibility index (Phi) is 8.33. The van der Waals surface area contributed by atoms with E-state index >= 15 is 0 Å². The van der Waals surface area contributed by atoms with E-state index < -0.39 is 25.2 Å². The van der Waals surface area contributed by atoms with Crippen molar-refractivity contribution in [3.05, 3.63) is 35.5 Å². The fourth-order valence-electron chi connectivity index (χ4n) is 7.48. The molecule has 0 aromatic heterocycles. The van der Waals surface area contributed by atoms with Crippen molar-refractivity contribution in [2.75, 3.05) is 26.2 Å². The average molecular weight is 480 g/mol. The highest BCUT2D eigenvalue weighted by atomic mass is 19.3. The van der Waals surface area contributed by atoms with Crippen molar-refractivity contribution in [2.45, 2.75) is 90.0 Å². The molecule has 4 fully saturated rings. The Morgan fingerprint density at radius 1 is 1.18 bits per heavy atom. The summed E-state index contributed by atoms with van der Waals surface area (Å²) in [7, 11) is 0. The lowest BCUT2D eigenvalue weighted by Gasteiger charge is -2.45. The maximum Gasteiger partial charge on any atom is 0.261 e. The van der Waals surface area contributed by atoms with Gasteiger partial charge in [-0.3, -0.25) is 0 Å². The molecule has 1 saturated heterocycles. The zero-order valence-corrected chi connectivity index (χ0v) is 20.9. The smallest absolute Gasteiger partial charge is 0.261 e. The van der Waals surface area contributed by atoms with E-state index in [1.54, 1.807) is 0 Å². The first-order valence-electron chi connectivity index (χ1n) is 13.2. The number of alkyl halides is 2. The zero-order chi connectivity index (χ0) is 24.5. The Morgan fingerprint density at radius 2 is 1.91 bits per heavy atom. The highest BCUT2D eigenvalue weighted by Crippen LogP contribution is 2.59. The molecule has 0 radical (unpaired) electrons. The first kappa shape index (κ1) is 26.0. The fourth-order valence-corrected chi connectivity index (χ4v) is 7.48. The molecule has 4 nitrogen and oxygen atoms in total. The molecular formula is C28H43F2NO3. The van der Waals surface area contributed by atoms with Gasteiger partial charge in [0.15, 0.2) is 0 Å². The van der Waals surface area contributed by atoms with Crippen molar-refractivity contribution in [3.8, 4) is 0 Å². The molecule has 0 aromatic carbocycles. The second-order valence-electron chi connectivity index (χ2n) is 11.5. The molecule has 0 bridgehead atoms. The van der Waals surface area contributed by atoms with Crippen LogP contribution in [-0.2, 0) is 4.74 Å². The van der Waals surface area contributed by atoms with Gasteiger partial charge in [0.1, 0.15) is 6.61 Å². The number of ether oxygens (including phenoxy) is 1. The van der Waals surface area contributed by atoms with Crippen molar-refractivity contribution >= 4 is 0 Å². The summed E-state index contributed by atoms with van der Waals surface area (Å²) in [6.45, 7) is 11.0. The van der Waals surface area contributed by atoms with Gasteiger partial charge in [-0.25, -0.2) is 8.78 Å². The van der Waals surface area contributed by atoms with Gasteiger partial charge in [-0.1, -0.05) is 43.7 Å². The number of allylic oxidation sites excluding steroid dienone is 3. The Balaban J connectivity index is 1.37. The summed E-state index contributed by atoms with van der Waals surface area (Å²) in [5, 5.41) is 20.3. The molecule has 0 aromatic rings. The van der Waals surface area contributed by atoms with Crippen LogP contribution in [0.4, 0.5) is 8.78 Å². The van der Waals surface area contributed by atoms with Crippen LogP contribution in [0.3, 0.4) is 0 Å². The Labute approximate surface area is 203 Å². The second-order valence-corrected chi connectivity index (χ2v) is 11.5. The minimum Gasteiger partial charge on any atom is -0.388 e. The Bertz CT molecular complexity index is 781. The van der Waals surface area contributed by atoms with E-state index in [0.717, 1.165) is 38.0 Å². The molecule has 0 spiro atoms. The number of nitrogens with zero attached hydrogens (tertiary/aromatic N) is 1. The highest BCUT2D eigenvalue weighted by molar-refractivity contribution is 5.29. The van der Waals surface area contributed by atoms with Gasteiger partial charge in [0, 0.05) is 19.6 Å². The van der Waals surface area contributed by atoms with E-state index in [9.17, 15) is 19.0 Å². The van der Waals surface area contributed by atoms with E-state index in [0.29, 0.717) is 41.6 Å². The minimum atomic E-state index is -2.39. The molecule has 0 amide bonds. The predicted octanol–water partition coefficient (Wildman–Crippen LogP) is 5.12. The molecule has 192 valence electrons. The molecule has 34 heavy (non-hydrogen) atoms. The number of aliphatic hydroxyl groups is 2. The van der Waals surface area contributed by atoms with Gasteiger partial charge in [0.25, 0.3) is 6.43 Å². The summed E-state index contributed by atoms with van der Waals surface area (Å²) >= 11 is 0. The lowest BCUT2D eigenvalue weighted by molar-refractivity contribution is -0.0207.